The summed E-state index contributed by atoms with van der Waals surface area (Å²) in [7, 11) is 0. The third kappa shape index (κ3) is 7.23. The minimum absolute atomic E-state index is 0.981. The van der Waals surface area contributed by atoms with Gasteiger partial charge in [-0.25, -0.2) is 0 Å². The van der Waals surface area contributed by atoms with Crippen LogP contribution < -0.4 is 9.80 Å². The van der Waals surface area contributed by atoms with Gasteiger partial charge in [0.25, 0.3) is 0 Å². The maximum absolute atomic E-state index is 2.43. The van der Waals surface area contributed by atoms with E-state index in [4.69, 9.17) is 0 Å². The second-order valence-corrected chi connectivity index (χ2v) is 13.7. The predicted molar refractivity (Wildman–Crippen MR) is 220 cm³/mol. The Morgan fingerprint density at radius 1 is 0.373 bits per heavy atom. The Morgan fingerprint density at radius 3 is 1.16 bits per heavy atom. The zero-order chi connectivity index (χ0) is 35.3. The molecule has 7 rings (SSSR count). The van der Waals surface area contributed by atoms with Gasteiger partial charge >= 0.3 is 0 Å². The quantitative estimate of drug-likeness (QED) is 0.144. The first kappa shape index (κ1) is 33.6. The SMILES string of the molecule is CCCc1cc(-c2ccccc2N(c2ccc(C)cc2)c2ccc(C)cc2)ccc1-c1ccccc1N(c1ccc(C)cc1)c1ccc(C)cc1. The standard InChI is InChI=1S/C49H46N2/c1-6-11-39-34-40(46-12-7-9-14-48(46)50(41-25-16-35(2)17-26-41)42-27-18-36(3)19-28-42)24-33-45(39)47-13-8-10-15-49(47)51(43-29-20-37(4)21-30-43)44-31-22-38(5)23-32-44/h7-10,12-34H,6,11H2,1-5H3. The Kier molecular flexibility index (Phi) is 9.85. The number of anilines is 6. The summed E-state index contributed by atoms with van der Waals surface area (Å²) in [4.78, 5) is 4.78. The lowest BCUT2D eigenvalue weighted by Gasteiger charge is -2.29. The fraction of sp³-hybridized carbons (Fsp3) is 0.143. The third-order valence-electron chi connectivity index (χ3n) is 9.68. The van der Waals surface area contributed by atoms with E-state index in [1.165, 1.54) is 55.8 Å². The smallest absolute Gasteiger partial charge is 0.0540 e. The van der Waals surface area contributed by atoms with Crippen LogP contribution in [-0.4, -0.2) is 0 Å². The molecular weight excluding hydrogens is 617 g/mol. The van der Waals surface area contributed by atoms with E-state index in [0.29, 0.717) is 0 Å². The van der Waals surface area contributed by atoms with Crippen molar-refractivity contribution in [3.05, 3.63) is 192 Å². The van der Waals surface area contributed by atoms with Crippen LogP contribution in [0.4, 0.5) is 34.1 Å². The molecule has 0 aromatic heterocycles. The Hall–Kier alpha value is -5.86. The van der Waals surface area contributed by atoms with Crippen molar-refractivity contribution < 1.29 is 0 Å². The molecule has 0 fully saturated rings. The predicted octanol–water partition coefficient (Wildman–Crippen LogP) is 14.1. The van der Waals surface area contributed by atoms with Crippen LogP contribution >= 0.6 is 0 Å². The first-order valence-electron chi connectivity index (χ1n) is 18.1. The zero-order valence-electron chi connectivity index (χ0n) is 30.4. The summed E-state index contributed by atoms with van der Waals surface area (Å²) in [6.45, 7) is 10.8. The number of para-hydroxylation sites is 2. The normalized spacial score (nSPS) is 11.0. The van der Waals surface area contributed by atoms with Gasteiger partial charge in [-0.1, -0.05) is 139 Å². The van der Waals surface area contributed by atoms with Crippen molar-refractivity contribution >= 4 is 34.1 Å². The Morgan fingerprint density at radius 2 is 0.745 bits per heavy atom. The second-order valence-electron chi connectivity index (χ2n) is 13.7. The molecule has 0 aliphatic heterocycles. The van der Waals surface area contributed by atoms with E-state index < -0.39 is 0 Å². The van der Waals surface area contributed by atoms with Gasteiger partial charge in [-0.3, -0.25) is 0 Å². The largest absolute Gasteiger partial charge is 0.310 e. The van der Waals surface area contributed by atoms with Crippen molar-refractivity contribution in [3.8, 4) is 22.3 Å². The van der Waals surface area contributed by atoms with Gasteiger partial charge in [0.05, 0.1) is 11.4 Å². The molecule has 0 atom stereocenters. The van der Waals surface area contributed by atoms with Gasteiger partial charge in [-0.2, -0.15) is 0 Å². The first-order valence-corrected chi connectivity index (χ1v) is 18.1. The van der Waals surface area contributed by atoms with Crippen LogP contribution in [0.3, 0.4) is 0 Å². The lowest BCUT2D eigenvalue weighted by Crippen LogP contribution is -2.12. The maximum atomic E-state index is 2.43. The molecule has 7 aromatic rings. The molecule has 0 amide bonds. The molecule has 0 unspecified atom stereocenters. The molecule has 0 bridgehead atoms. The summed E-state index contributed by atoms with van der Waals surface area (Å²) < 4.78 is 0. The van der Waals surface area contributed by atoms with Gasteiger partial charge in [0.2, 0.25) is 0 Å². The zero-order valence-corrected chi connectivity index (χ0v) is 30.4. The van der Waals surface area contributed by atoms with Crippen LogP contribution in [0.1, 0.15) is 41.2 Å². The van der Waals surface area contributed by atoms with E-state index in [1.807, 2.05) is 0 Å². The molecule has 0 N–H and O–H groups in total. The molecule has 0 spiro atoms. The van der Waals surface area contributed by atoms with Gasteiger partial charge in [0.1, 0.15) is 0 Å². The Labute approximate surface area is 304 Å². The Bertz CT molecular complexity index is 2140. The van der Waals surface area contributed by atoms with E-state index >= 15 is 0 Å². The fourth-order valence-electron chi connectivity index (χ4n) is 6.94. The summed E-state index contributed by atoms with van der Waals surface area (Å²) in [6, 6.07) is 60.2. The van der Waals surface area contributed by atoms with Gasteiger partial charge in [-0.05, 0) is 111 Å². The lowest BCUT2D eigenvalue weighted by atomic mass is 9.90. The van der Waals surface area contributed by atoms with Crippen LogP contribution in [0, 0.1) is 27.7 Å². The highest BCUT2D eigenvalue weighted by Crippen LogP contribution is 2.45. The van der Waals surface area contributed by atoms with Gasteiger partial charge in [-0.15, -0.1) is 0 Å². The van der Waals surface area contributed by atoms with Crippen molar-refractivity contribution in [1.82, 2.24) is 0 Å². The van der Waals surface area contributed by atoms with Crippen molar-refractivity contribution in [3.63, 3.8) is 0 Å². The maximum Gasteiger partial charge on any atom is 0.0540 e. The molecule has 2 nitrogen and oxygen atoms in total. The molecule has 252 valence electrons. The van der Waals surface area contributed by atoms with Crippen molar-refractivity contribution in [1.29, 1.82) is 0 Å². The van der Waals surface area contributed by atoms with E-state index in [0.717, 1.165) is 41.3 Å². The third-order valence-corrected chi connectivity index (χ3v) is 9.68. The lowest BCUT2D eigenvalue weighted by molar-refractivity contribution is 0.924. The van der Waals surface area contributed by atoms with Crippen molar-refractivity contribution in [2.45, 2.75) is 47.5 Å². The molecule has 0 heterocycles. The number of benzene rings is 7. The molecule has 2 heteroatoms. The summed E-state index contributed by atoms with van der Waals surface area (Å²) in [5.41, 5.74) is 18.2. The second kappa shape index (κ2) is 14.9. The van der Waals surface area contributed by atoms with Gasteiger partial charge < -0.3 is 9.80 Å². The van der Waals surface area contributed by atoms with Crippen LogP contribution in [0.5, 0.6) is 0 Å². The minimum Gasteiger partial charge on any atom is -0.310 e. The highest BCUT2D eigenvalue weighted by Gasteiger charge is 2.21. The molecule has 0 radical (unpaired) electrons. The molecule has 0 saturated carbocycles. The summed E-state index contributed by atoms with van der Waals surface area (Å²) in [6.07, 6.45) is 2.03. The van der Waals surface area contributed by atoms with Crippen molar-refractivity contribution in [2.75, 3.05) is 9.80 Å². The molecule has 0 aliphatic carbocycles. The van der Waals surface area contributed by atoms with Crippen LogP contribution in [0.15, 0.2) is 164 Å². The van der Waals surface area contributed by atoms with Crippen molar-refractivity contribution in [2.24, 2.45) is 0 Å². The number of rotatable bonds is 10. The first-order chi connectivity index (χ1) is 24.9. The molecule has 0 saturated heterocycles. The molecule has 0 aliphatic rings. The minimum atomic E-state index is 0.981. The topological polar surface area (TPSA) is 6.48 Å². The average Bonchev–Trinajstić information content (AvgIpc) is 3.15. The van der Waals surface area contributed by atoms with E-state index in [1.54, 1.807) is 0 Å². The molecular formula is C49H46N2. The summed E-state index contributed by atoms with van der Waals surface area (Å²) >= 11 is 0. The highest BCUT2D eigenvalue weighted by atomic mass is 15.1. The monoisotopic (exact) mass is 662 g/mol. The highest BCUT2D eigenvalue weighted by molar-refractivity contribution is 5.92. The van der Waals surface area contributed by atoms with Crippen LogP contribution in [-0.2, 0) is 6.42 Å². The number of hydrogen-bond donors (Lipinski definition) is 0. The molecule has 7 aromatic carbocycles. The van der Waals surface area contributed by atoms with Gasteiger partial charge in [0, 0.05) is 33.9 Å². The van der Waals surface area contributed by atoms with Crippen LogP contribution in [0.25, 0.3) is 22.3 Å². The average molecular weight is 663 g/mol. The Balaban J connectivity index is 1.37. The number of aryl methyl sites for hydroxylation is 5. The number of hydrogen-bond acceptors (Lipinski definition) is 2. The summed E-state index contributed by atoms with van der Waals surface area (Å²) in [5.74, 6) is 0. The van der Waals surface area contributed by atoms with Crippen LogP contribution in [0.2, 0.25) is 0 Å². The fourth-order valence-corrected chi connectivity index (χ4v) is 6.94. The van der Waals surface area contributed by atoms with Gasteiger partial charge in [0.15, 0.2) is 0 Å². The number of nitrogens with zero attached hydrogens (tertiary/aromatic N) is 2. The van der Waals surface area contributed by atoms with E-state index in [-0.39, 0.29) is 0 Å². The van der Waals surface area contributed by atoms with E-state index in [9.17, 15) is 0 Å². The van der Waals surface area contributed by atoms with E-state index in [2.05, 4.69) is 208 Å². The summed E-state index contributed by atoms with van der Waals surface area (Å²) in [5, 5.41) is 0. The molecule has 51 heavy (non-hydrogen) atoms.